The Morgan fingerprint density at radius 3 is 2.16 bits per heavy atom. The van der Waals surface area contributed by atoms with Gasteiger partial charge in [0.05, 0.1) is 29.0 Å². The van der Waals surface area contributed by atoms with Crippen LogP contribution in [0.3, 0.4) is 0 Å². The molecular formula is C23H13N3O5. The van der Waals surface area contributed by atoms with Crippen molar-refractivity contribution in [3.05, 3.63) is 78.5 Å². The summed E-state index contributed by atoms with van der Waals surface area (Å²) < 4.78 is 15.1. The van der Waals surface area contributed by atoms with Crippen molar-refractivity contribution in [1.82, 2.24) is 15.0 Å². The van der Waals surface area contributed by atoms with E-state index in [4.69, 9.17) is 13.9 Å². The lowest BCUT2D eigenvalue weighted by atomic mass is 10.1. The van der Waals surface area contributed by atoms with Crippen molar-refractivity contribution in [2.24, 2.45) is 0 Å². The number of nitrogens with zero attached hydrogens (tertiary/aromatic N) is 3. The summed E-state index contributed by atoms with van der Waals surface area (Å²) in [6.07, 6.45) is 4.63. The largest absolute Gasteiger partial charge is 0.456 e. The average molecular weight is 411 g/mol. The molecule has 0 aliphatic heterocycles. The van der Waals surface area contributed by atoms with Crippen LogP contribution in [-0.4, -0.2) is 27.9 Å². The SMILES string of the molecule is O=COc1ccnc(-c2cc(OC=O)cc(-c3cc(C#Cc4ccco4)ccn3)n2)c1. The minimum atomic E-state index is 0.257. The highest BCUT2D eigenvalue weighted by atomic mass is 16.5. The van der Waals surface area contributed by atoms with Crippen LogP contribution in [0.4, 0.5) is 0 Å². The number of rotatable bonds is 6. The first-order valence-electron chi connectivity index (χ1n) is 8.96. The van der Waals surface area contributed by atoms with Gasteiger partial charge in [0, 0.05) is 36.2 Å². The molecule has 0 amide bonds. The van der Waals surface area contributed by atoms with Gasteiger partial charge in [-0.3, -0.25) is 19.6 Å². The molecule has 0 saturated heterocycles. The predicted octanol–water partition coefficient (Wildman–Crippen LogP) is 3.27. The highest BCUT2D eigenvalue weighted by molar-refractivity contribution is 5.67. The summed E-state index contributed by atoms with van der Waals surface area (Å²) in [5.41, 5.74) is 2.49. The van der Waals surface area contributed by atoms with Crippen LogP contribution in [0, 0.1) is 11.8 Å². The lowest BCUT2D eigenvalue weighted by Crippen LogP contribution is -1.97. The maximum absolute atomic E-state index is 10.9. The summed E-state index contributed by atoms with van der Waals surface area (Å²) in [4.78, 5) is 34.7. The number of aromatic nitrogens is 3. The van der Waals surface area contributed by atoms with E-state index >= 15 is 0 Å². The van der Waals surface area contributed by atoms with Crippen LogP contribution >= 0.6 is 0 Å². The highest BCUT2D eigenvalue weighted by Crippen LogP contribution is 2.28. The summed E-state index contributed by atoms with van der Waals surface area (Å²) in [5, 5.41) is 0. The van der Waals surface area contributed by atoms with Crippen molar-refractivity contribution in [3.63, 3.8) is 0 Å². The Balaban J connectivity index is 1.74. The molecule has 31 heavy (non-hydrogen) atoms. The Labute approximate surface area is 176 Å². The molecule has 0 aromatic carbocycles. The van der Waals surface area contributed by atoms with Crippen molar-refractivity contribution in [1.29, 1.82) is 0 Å². The average Bonchev–Trinajstić information content (AvgIpc) is 3.32. The molecule has 0 N–H and O–H groups in total. The van der Waals surface area contributed by atoms with Gasteiger partial charge >= 0.3 is 0 Å². The summed E-state index contributed by atoms with van der Waals surface area (Å²) in [5.74, 6) is 7.03. The number of carbonyl (C=O) groups is 2. The van der Waals surface area contributed by atoms with E-state index in [0.29, 0.717) is 52.8 Å². The molecule has 0 bridgehead atoms. The zero-order valence-corrected chi connectivity index (χ0v) is 15.9. The quantitative estimate of drug-likeness (QED) is 0.352. The molecule has 4 rings (SSSR count). The fraction of sp³-hybridized carbons (Fsp3) is 0. The smallest absolute Gasteiger partial charge is 0.298 e. The first-order chi connectivity index (χ1) is 15.2. The van der Waals surface area contributed by atoms with Crippen molar-refractivity contribution in [2.75, 3.05) is 0 Å². The summed E-state index contributed by atoms with van der Waals surface area (Å²) in [7, 11) is 0. The van der Waals surface area contributed by atoms with Gasteiger partial charge in [0.2, 0.25) is 0 Å². The normalized spacial score (nSPS) is 9.94. The Morgan fingerprint density at radius 2 is 1.45 bits per heavy atom. The molecular weight excluding hydrogens is 398 g/mol. The Hall–Kier alpha value is -4.77. The van der Waals surface area contributed by atoms with E-state index in [1.54, 1.807) is 54.9 Å². The fourth-order valence-corrected chi connectivity index (χ4v) is 2.70. The van der Waals surface area contributed by atoms with Gasteiger partial charge in [-0.1, -0.05) is 5.92 Å². The van der Waals surface area contributed by atoms with Crippen LogP contribution in [0.5, 0.6) is 11.5 Å². The van der Waals surface area contributed by atoms with Crippen LogP contribution in [0.25, 0.3) is 22.8 Å². The predicted molar refractivity (Wildman–Crippen MR) is 109 cm³/mol. The molecule has 0 aliphatic carbocycles. The molecule has 4 heterocycles. The number of pyridine rings is 3. The van der Waals surface area contributed by atoms with Gasteiger partial charge in [0.15, 0.2) is 5.76 Å². The summed E-state index contributed by atoms with van der Waals surface area (Å²) >= 11 is 0. The van der Waals surface area contributed by atoms with Crippen molar-refractivity contribution >= 4 is 12.9 Å². The molecule has 8 nitrogen and oxygen atoms in total. The van der Waals surface area contributed by atoms with Crippen LogP contribution in [0.1, 0.15) is 11.3 Å². The molecule has 8 heteroatoms. The maximum Gasteiger partial charge on any atom is 0.298 e. The third-order valence-electron chi connectivity index (χ3n) is 4.03. The zero-order valence-electron chi connectivity index (χ0n) is 15.9. The minimum Gasteiger partial charge on any atom is -0.456 e. The molecule has 0 unspecified atom stereocenters. The number of carbonyl (C=O) groups excluding carboxylic acids is 2. The van der Waals surface area contributed by atoms with E-state index in [9.17, 15) is 9.59 Å². The molecule has 0 radical (unpaired) electrons. The second-order valence-electron chi connectivity index (χ2n) is 6.04. The molecule has 0 saturated carbocycles. The molecule has 4 aromatic rings. The van der Waals surface area contributed by atoms with Crippen molar-refractivity contribution < 1.29 is 23.5 Å². The topological polar surface area (TPSA) is 104 Å². The fourth-order valence-electron chi connectivity index (χ4n) is 2.70. The molecule has 0 spiro atoms. The van der Waals surface area contributed by atoms with Gasteiger partial charge in [-0.05, 0) is 36.3 Å². The van der Waals surface area contributed by atoms with E-state index in [2.05, 4.69) is 26.8 Å². The minimum absolute atomic E-state index is 0.257. The van der Waals surface area contributed by atoms with Gasteiger partial charge in [-0.2, -0.15) is 0 Å². The molecule has 0 fully saturated rings. The Kier molecular flexibility index (Phi) is 5.77. The number of hydrogen-bond donors (Lipinski definition) is 0. The van der Waals surface area contributed by atoms with E-state index in [1.165, 1.54) is 12.3 Å². The van der Waals surface area contributed by atoms with Crippen LogP contribution < -0.4 is 9.47 Å². The molecule has 150 valence electrons. The van der Waals surface area contributed by atoms with Gasteiger partial charge < -0.3 is 13.9 Å². The lowest BCUT2D eigenvalue weighted by molar-refractivity contribution is -0.121. The molecule has 4 aromatic heterocycles. The Morgan fingerprint density at radius 1 is 0.774 bits per heavy atom. The highest BCUT2D eigenvalue weighted by Gasteiger charge is 2.11. The standard InChI is InChI=1S/C23H13N3O5/c27-14-30-18-6-8-25-21(11-18)23-13-19(31-15-28)12-22(26-23)20-10-16(5-7-24-20)3-4-17-2-1-9-29-17/h1-2,5-15H. The second kappa shape index (κ2) is 9.15. The van der Waals surface area contributed by atoms with E-state index < -0.39 is 0 Å². The van der Waals surface area contributed by atoms with Crippen molar-refractivity contribution in [2.45, 2.75) is 0 Å². The first-order valence-corrected chi connectivity index (χ1v) is 8.96. The van der Waals surface area contributed by atoms with Gasteiger partial charge in [0.25, 0.3) is 12.9 Å². The maximum atomic E-state index is 10.9. The molecule has 0 aliphatic rings. The van der Waals surface area contributed by atoms with E-state index in [0.717, 1.165) is 0 Å². The first kappa shape index (κ1) is 19.5. The number of hydrogen-bond acceptors (Lipinski definition) is 8. The van der Waals surface area contributed by atoms with Crippen LogP contribution in [0.15, 0.2) is 71.6 Å². The van der Waals surface area contributed by atoms with E-state index in [-0.39, 0.29) is 5.75 Å². The van der Waals surface area contributed by atoms with Crippen molar-refractivity contribution in [3.8, 4) is 46.1 Å². The third kappa shape index (κ3) is 4.81. The number of furan rings is 1. The van der Waals surface area contributed by atoms with Gasteiger partial charge in [0.1, 0.15) is 11.5 Å². The summed E-state index contributed by atoms with van der Waals surface area (Å²) in [6, 6.07) is 13.2. The lowest BCUT2D eigenvalue weighted by Gasteiger charge is -2.08. The van der Waals surface area contributed by atoms with Gasteiger partial charge in [-0.25, -0.2) is 4.98 Å². The summed E-state index contributed by atoms with van der Waals surface area (Å²) in [6.45, 7) is 0.643. The number of ether oxygens (including phenoxy) is 2. The van der Waals surface area contributed by atoms with Crippen LogP contribution in [-0.2, 0) is 9.59 Å². The molecule has 0 atom stereocenters. The third-order valence-corrected chi connectivity index (χ3v) is 4.03. The second-order valence-corrected chi connectivity index (χ2v) is 6.04. The van der Waals surface area contributed by atoms with Crippen LogP contribution in [0.2, 0.25) is 0 Å². The van der Waals surface area contributed by atoms with Gasteiger partial charge in [-0.15, -0.1) is 0 Å². The zero-order chi connectivity index (χ0) is 21.5. The monoisotopic (exact) mass is 411 g/mol. The van der Waals surface area contributed by atoms with E-state index in [1.807, 2.05) is 0 Å². The Bertz CT molecular complexity index is 1290.